The summed E-state index contributed by atoms with van der Waals surface area (Å²) in [6.07, 6.45) is 5.91. The Labute approximate surface area is 177 Å². The van der Waals surface area contributed by atoms with E-state index in [0.29, 0.717) is 18.3 Å². The molecule has 1 aliphatic rings. The minimum atomic E-state index is 0.176. The average Bonchev–Trinajstić information content (AvgIpc) is 3.15. The van der Waals surface area contributed by atoms with Crippen LogP contribution in [0.5, 0.6) is 0 Å². The maximum atomic E-state index is 12.6. The number of nitrogens with zero attached hydrogens (tertiary/aromatic N) is 6. The molecule has 0 atom stereocenters. The van der Waals surface area contributed by atoms with Crippen molar-refractivity contribution in [3.63, 3.8) is 0 Å². The quantitative estimate of drug-likeness (QED) is 0.600. The number of ketones is 1. The molecule has 7 nitrogen and oxygen atoms in total. The lowest BCUT2D eigenvalue weighted by Gasteiger charge is -2.35. The second-order valence-electron chi connectivity index (χ2n) is 8.65. The molecule has 0 amide bonds. The van der Waals surface area contributed by atoms with Gasteiger partial charge >= 0.3 is 0 Å². The maximum Gasteiger partial charge on any atom is 0.154 e. The molecule has 1 aliphatic heterocycles. The number of Topliss-reactive ketones (excluding diaryl/α,β-unsaturated/α-hetero) is 1. The highest BCUT2D eigenvalue weighted by Gasteiger charge is 2.20. The van der Waals surface area contributed by atoms with E-state index in [1.165, 1.54) is 0 Å². The van der Waals surface area contributed by atoms with Crippen molar-refractivity contribution in [3.05, 3.63) is 42.6 Å². The number of piperazine rings is 1. The first kappa shape index (κ1) is 20.6. The summed E-state index contributed by atoms with van der Waals surface area (Å²) in [6.45, 7) is 10.1. The van der Waals surface area contributed by atoms with E-state index in [2.05, 4.69) is 38.7 Å². The smallest absolute Gasteiger partial charge is 0.154 e. The monoisotopic (exact) mass is 406 g/mol. The predicted octanol–water partition coefficient (Wildman–Crippen LogP) is 2.42. The Morgan fingerprint density at radius 1 is 1.07 bits per heavy atom. The second-order valence-corrected chi connectivity index (χ2v) is 8.65. The van der Waals surface area contributed by atoms with Crippen molar-refractivity contribution in [2.75, 3.05) is 39.3 Å². The summed E-state index contributed by atoms with van der Waals surface area (Å²) in [5.74, 6) is 1.45. The van der Waals surface area contributed by atoms with Crippen LogP contribution >= 0.6 is 0 Å². The summed E-state index contributed by atoms with van der Waals surface area (Å²) in [6, 6.07) is 6.10. The fraction of sp³-hybridized carbons (Fsp3) is 0.478. The van der Waals surface area contributed by atoms with Crippen LogP contribution in [-0.4, -0.2) is 74.6 Å². The van der Waals surface area contributed by atoms with Crippen LogP contribution in [0.15, 0.2) is 36.8 Å². The lowest BCUT2D eigenvalue weighted by molar-refractivity contribution is -0.120. The van der Waals surface area contributed by atoms with Gasteiger partial charge in [0.25, 0.3) is 0 Å². The molecule has 0 radical (unpaired) electrons. The summed E-state index contributed by atoms with van der Waals surface area (Å²) in [7, 11) is 1.90. The van der Waals surface area contributed by atoms with E-state index in [1.807, 2.05) is 43.8 Å². The molecular formula is C23H30N6O. The minimum Gasteiger partial charge on any atom is -0.301 e. The molecule has 158 valence electrons. The summed E-state index contributed by atoms with van der Waals surface area (Å²) < 4.78 is 1.78. The zero-order valence-corrected chi connectivity index (χ0v) is 18.1. The number of rotatable bonds is 7. The van der Waals surface area contributed by atoms with Gasteiger partial charge in [-0.2, -0.15) is 5.10 Å². The summed E-state index contributed by atoms with van der Waals surface area (Å²) in [5.41, 5.74) is 2.97. The Kier molecular flexibility index (Phi) is 6.20. The Morgan fingerprint density at radius 3 is 2.53 bits per heavy atom. The molecule has 1 fully saturated rings. The molecule has 0 unspecified atom stereocenters. The van der Waals surface area contributed by atoms with Crippen molar-refractivity contribution < 1.29 is 4.79 Å². The Morgan fingerprint density at radius 2 is 1.83 bits per heavy atom. The zero-order valence-electron chi connectivity index (χ0n) is 18.1. The van der Waals surface area contributed by atoms with Crippen molar-refractivity contribution in [2.45, 2.75) is 20.3 Å². The number of hydrogen-bond acceptors (Lipinski definition) is 6. The van der Waals surface area contributed by atoms with Gasteiger partial charge in [0.05, 0.1) is 24.7 Å². The van der Waals surface area contributed by atoms with Crippen LogP contribution in [0.1, 0.15) is 19.7 Å². The van der Waals surface area contributed by atoms with E-state index >= 15 is 0 Å². The van der Waals surface area contributed by atoms with Gasteiger partial charge in [0.2, 0.25) is 0 Å². The molecular weight excluding hydrogens is 376 g/mol. The molecule has 3 heterocycles. The molecule has 4 rings (SSSR count). The third kappa shape index (κ3) is 5.09. The third-order valence-corrected chi connectivity index (χ3v) is 5.51. The van der Waals surface area contributed by atoms with Gasteiger partial charge in [-0.05, 0) is 17.5 Å². The van der Waals surface area contributed by atoms with Crippen molar-refractivity contribution in [1.82, 2.24) is 29.5 Å². The second kappa shape index (κ2) is 9.02. The Bertz CT molecular complexity index is 1020. The van der Waals surface area contributed by atoms with Gasteiger partial charge < -0.3 is 4.90 Å². The van der Waals surface area contributed by atoms with E-state index in [4.69, 9.17) is 0 Å². The molecule has 1 saturated heterocycles. The van der Waals surface area contributed by atoms with Gasteiger partial charge in [-0.25, -0.2) is 9.97 Å². The van der Waals surface area contributed by atoms with Crippen molar-refractivity contribution >= 4 is 16.7 Å². The molecule has 2 aromatic heterocycles. The third-order valence-electron chi connectivity index (χ3n) is 5.51. The molecule has 0 saturated carbocycles. The molecule has 3 aromatic rings. The summed E-state index contributed by atoms with van der Waals surface area (Å²) >= 11 is 0. The van der Waals surface area contributed by atoms with Crippen LogP contribution in [0, 0.1) is 5.92 Å². The van der Waals surface area contributed by atoms with Crippen LogP contribution in [-0.2, 0) is 18.3 Å². The lowest BCUT2D eigenvalue weighted by atomic mass is 10.1. The number of hydrogen-bond donors (Lipinski definition) is 0. The Hall–Kier alpha value is -2.64. The molecule has 0 bridgehead atoms. The normalized spacial score (nSPS) is 15.9. The fourth-order valence-corrected chi connectivity index (χ4v) is 4.02. The van der Waals surface area contributed by atoms with Crippen LogP contribution in [0.2, 0.25) is 0 Å². The number of benzene rings is 1. The first-order valence-electron chi connectivity index (χ1n) is 10.7. The highest BCUT2D eigenvalue weighted by atomic mass is 16.1. The minimum absolute atomic E-state index is 0.176. The first-order chi connectivity index (χ1) is 14.5. The number of fused-ring (bicyclic) bond motifs is 1. The average molecular weight is 407 g/mol. The SMILES string of the molecule is CC(C)CN1CCN(CC(=O)Cc2ncc3ccc(-c4cnn(C)c4)cc3n2)CC1. The predicted molar refractivity (Wildman–Crippen MR) is 118 cm³/mol. The van der Waals surface area contributed by atoms with Crippen molar-refractivity contribution in [1.29, 1.82) is 0 Å². The molecule has 1 aromatic carbocycles. The highest BCUT2D eigenvalue weighted by Crippen LogP contribution is 2.22. The van der Waals surface area contributed by atoms with E-state index < -0.39 is 0 Å². The van der Waals surface area contributed by atoms with Crippen LogP contribution < -0.4 is 0 Å². The summed E-state index contributed by atoms with van der Waals surface area (Å²) in [5, 5.41) is 5.21. The van der Waals surface area contributed by atoms with Crippen LogP contribution in [0.3, 0.4) is 0 Å². The van der Waals surface area contributed by atoms with Crippen LogP contribution in [0.4, 0.5) is 0 Å². The number of carbonyl (C=O) groups excluding carboxylic acids is 1. The topological polar surface area (TPSA) is 67.2 Å². The van der Waals surface area contributed by atoms with Gasteiger partial charge in [-0.15, -0.1) is 0 Å². The first-order valence-corrected chi connectivity index (χ1v) is 10.7. The molecule has 7 heteroatoms. The number of aromatic nitrogens is 4. The zero-order chi connectivity index (χ0) is 21.1. The number of carbonyl (C=O) groups is 1. The van der Waals surface area contributed by atoms with Gasteiger partial charge in [0.15, 0.2) is 5.78 Å². The van der Waals surface area contributed by atoms with E-state index in [0.717, 1.165) is 54.8 Å². The summed E-state index contributed by atoms with van der Waals surface area (Å²) in [4.78, 5) is 26.4. The maximum absolute atomic E-state index is 12.6. The van der Waals surface area contributed by atoms with E-state index in [9.17, 15) is 4.79 Å². The number of aryl methyl sites for hydroxylation is 1. The molecule has 30 heavy (non-hydrogen) atoms. The van der Waals surface area contributed by atoms with Crippen molar-refractivity contribution in [3.8, 4) is 11.1 Å². The van der Waals surface area contributed by atoms with E-state index in [-0.39, 0.29) is 12.2 Å². The van der Waals surface area contributed by atoms with Gasteiger partial charge in [-0.1, -0.05) is 26.0 Å². The van der Waals surface area contributed by atoms with E-state index in [1.54, 1.807) is 4.68 Å². The van der Waals surface area contributed by atoms with Gasteiger partial charge in [0, 0.05) is 63.1 Å². The molecule has 0 N–H and O–H groups in total. The van der Waals surface area contributed by atoms with Gasteiger partial charge in [-0.3, -0.25) is 14.4 Å². The largest absolute Gasteiger partial charge is 0.301 e. The van der Waals surface area contributed by atoms with Gasteiger partial charge in [0.1, 0.15) is 5.82 Å². The van der Waals surface area contributed by atoms with Crippen LogP contribution in [0.25, 0.3) is 22.0 Å². The lowest BCUT2D eigenvalue weighted by Crippen LogP contribution is -2.48. The Balaban J connectivity index is 1.38. The fourth-order valence-electron chi connectivity index (χ4n) is 4.02. The van der Waals surface area contributed by atoms with Crippen molar-refractivity contribution in [2.24, 2.45) is 13.0 Å². The molecule has 0 spiro atoms. The molecule has 0 aliphatic carbocycles. The standard InChI is InChI=1S/C23H30N6O/c1-17(2)14-28-6-8-29(9-7-28)16-21(30)11-23-24-12-19-5-4-18(10-22(19)26-23)20-13-25-27(3)15-20/h4-5,10,12-13,15,17H,6-9,11,14,16H2,1-3H3. The highest BCUT2D eigenvalue weighted by molar-refractivity contribution is 5.85.